The molecule has 3 aromatic carbocycles. The summed E-state index contributed by atoms with van der Waals surface area (Å²) >= 11 is 6.34. The van der Waals surface area contributed by atoms with Crippen LogP contribution in [0.2, 0.25) is 5.02 Å². The third-order valence-corrected chi connectivity index (χ3v) is 8.74. The van der Waals surface area contributed by atoms with Gasteiger partial charge in [0, 0.05) is 27.6 Å². The van der Waals surface area contributed by atoms with Crippen molar-refractivity contribution in [1.29, 1.82) is 0 Å². The Morgan fingerprint density at radius 1 is 1.00 bits per heavy atom. The van der Waals surface area contributed by atoms with Crippen molar-refractivity contribution in [3.63, 3.8) is 0 Å². The number of nitrogens with one attached hydrogen (secondary N) is 2. The third kappa shape index (κ3) is 6.27. The number of H-pyrrole nitrogens is 1. The van der Waals surface area contributed by atoms with Crippen molar-refractivity contribution < 1.29 is 22.7 Å². The quantitative estimate of drug-likeness (QED) is 0.177. The number of aromatic amines is 1. The number of benzene rings is 3. The number of ether oxygens (including phenoxy) is 2. The molecule has 0 bridgehead atoms. The molecular weight excluding hydrogens is 574 g/mol. The number of sulfonamides is 1. The van der Waals surface area contributed by atoms with Crippen molar-refractivity contribution in [2.24, 2.45) is 0 Å². The van der Waals surface area contributed by atoms with Gasteiger partial charge < -0.3 is 14.5 Å². The summed E-state index contributed by atoms with van der Waals surface area (Å²) in [5.41, 5.74) is 4.04. The lowest BCUT2D eigenvalue weighted by molar-refractivity contribution is 0.0971. The normalized spacial score (nSPS) is 12.2. The summed E-state index contributed by atoms with van der Waals surface area (Å²) in [7, 11) is -4.25. The molecule has 2 heterocycles. The number of fused-ring (bicyclic) bond motifs is 1. The highest BCUT2D eigenvalue weighted by Gasteiger charge is 2.28. The smallest absolute Gasteiger partial charge is 0.281 e. The SMILES string of the molecule is CCC(Oc1cc(C)c(Cl)c(C)c1)c1c(C(=O)NS(=O)(=O)c2ccc(OCc3ccccc3)nc2)[nH]c2ccccc12. The minimum atomic E-state index is -4.25. The maximum Gasteiger partial charge on any atom is 0.281 e. The van der Waals surface area contributed by atoms with Gasteiger partial charge in [-0.05, 0) is 61.2 Å². The molecule has 0 spiro atoms. The van der Waals surface area contributed by atoms with Gasteiger partial charge in [0.15, 0.2) is 0 Å². The number of nitrogens with zero attached hydrogens (tertiary/aromatic N) is 1. The minimum Gasteiger partial charge on any atom is -0.486 e. The summed E-state index contributed by atoms with van der Waals surface area (Å²) < 4.78 is 40.6. The molecule has 2 N–H and O–H groups in total. The lowest BCUT2D eigenvalue weighted by Crippen LogP contribution is -2.32. The summed E-state index contributed by atoms with van der Waals surface area (Å²) in [6.07, 6.45) is 1.13. The van der Waals surface area contributed by atoms with E-state index in [9.17, 15) is 13.2 Å². The summed E-state index contributed by atoms with van der Waals surface area (Å²) in [6.45, 7) is 6.02. The molecule has 10 heteroatoms. The van der Waals surface area contributed by atoms with Crippen molar-refractivity contribution in [2.45, 2.75) is 44.8 Å². The molecule has 0 saturated carbocycles. The summed E-state index contributed by atoms with van der Waals surface area (Å²) in [5.74, 6) is 0.0555. The van der Waals surface area contributed by atoms with Crippen LogP contribution in [0, 0.1) is 13.8 Å². The number of carbonyl (C=O) groups excluding carboxylic acids is 1. The Hall–Kier alpha value is -4.34. The molecule has 0 aliphatic carbocycles. The molecular formula is C32H30ClN3O5S. The van der Waals surface area contributed by atoms with Gasteiger partial charge >= 0.3 is 0 Å². The van der Waals surface area contributed by atoms with E-state index in [4.69, 9.17) is 21.1 Å². The zero-order valence-corrected chi connectivity index (χ0v) is 24.9. The number of amides is 1. The molecule has 0 aliphatic heterocycles. The van der Waals surface area contributed by atoms with E-state index in [-0.39, 0.29) is 23.1 Å². The van der Waals surface area contributed by atoms with Crippen LogP contribution >= 0.6 is 11.6 Å². The molecule has 0 radical (unpaired) electrons. The van der Waals surface area contributed by atoms with E-state index in [0.717, 1.165) is 28.3 Å². The fraction of sp³-hybridized carbons (Fsp3) is 0.188. The van der Waals surface area contributed by atoms with E-state index >= 15 is 0 Å². The lowest BCUT2D eigenvalue weighted by Gasteiger charge is -2.20. The van der Waals surface area contributed by atoms with E-state index in [1.807, 2.05) is 87.5 Å². The van der Waals surface area contributed by atoms with Crippen LogP contribution in [0.1, 0.15) is 52.2 Å². The van der Waals surface area contributed by atoms with Crippen LogP contribution in [-0.4, -0.2) is 24.3 Å². The first-order valence-corrected chi connectivity index (χ1v) is 15.3. The van der Waals surface area contributed by atoms with E-state index in [1.54, 1.807) is 0 Å². The summed E-state index contributed by atoms with van der Waals surface area (Å²) in [5, 5.41) is 1.42. The zero-order valence-electron chi connectivity index (χ0n) is 23.3. The third-order valence-electron chi connectivity index (χ3n) is 6.83. The maximum absolute atomic E-state index is 13.5. The monoisotopic (exact) mass is 603 g/mol. The first kappa shape index (κ1) is 29.2. The number of carbonyl (C=O) groups is 1. The average molecular weight is 604 g/mol. The van der Waals surface area contributed by atoms with Gasteiger partial charge in [-0.3, -0.25) is 4.79 Å². The molecule has 0 saturated heterocycles. The van der Waals surface area contributed by atoms with Crippen LogP contribution < -0.4 is 14.2 Å². The fourth-order valence-electron chi connectivity index (χ4n) is 4.74. The van der Waals surface area contributed by atoms with Crippen molar-refractivity contribution in [3.8, 4) is 11.6 Å². The van der Waals surface area contributed by atoms with Gasteiger partial charge in [-0.2, -0.15) is 0 Å². The van der Waals surface area contributed by atoms with Gasteiger partial charge in [0.05, 0.1) is 6.20 Å². The Labute approximate surface area is 249 Å². The van der Waals surface area contributed by atoms with Crippen LogP contribution in [0.4, 0.5) is 0 Å². The number of rotatable bonds is 10. The predicted octanol–water partition coefficient (Wildman–Crippen LogP) is 7.06. The fourth-order valence-corrected chi connectivity index (χ4v) is 5.75. The van der Waals surface area contributed by atoms with Crippen LogP contribution in [0.5, 0.6) is 11.6 Å². The predicted molar refractivity (Wildman–Crippen MR) is 163 cm³/mol. The lowest BCUT2D eigenvalue weighted by atomic mass is 10.0. The number of aromatic nitrogens is 2. The van der Waals surface area contributed by atoms with Gasteiger partial charge in [-0.1, -0.05) is 67.1 Å². The molecule has 0 aliphatic rings. The number of pyridine rings is 1. The Bertz CT molecular complexity index is 1810. The largest absolute Gasteiger partial charge is 0.486 e. The van der Waals surface area contributed by atoms with Gasteiger partial charge in [-0.25, -0.2) is 18.1 Å². The molecule has 1 atom stereocenters. The molecule has 8 nitrogen and oxygen atoms in total. The molecule has 2 aromatic heterocycles. The average Bonchev–Trinajstić information content (AvgIpc) is 3.38. The Morgan fingerprint density at radius 2 is 1.69 bits per heavy atom. The Morgan fingerprint density at radius 3 is 2.36 bits per heavy atom. The molecule has 42 heavy (non-hydrogen) atoms. The zero-order chi connectivity index (χ0) is 29.9. The number of aryl methyl sites for hydroxylation is 2. The first-order chi connectivity index (χ1) is 20.2. The van der Waals surface area contributed by atoms with Gasteiger partial charge in [-0.15, -0.1) is 0 Å². The second kappa shape index (κ2) is 12.3. The van der Waals surface area contributed by atoms with Crippen molar-refractivity contribution >= 4 is 38.4 Å². The number of hydrogen-bond acceptors (Lipinski definition) is 6. The van der Waals surface area contributed by atoms with Gasteiger partial charge in [0.25, 0.3) is 15.9 Å². The highest BCUT2D eigenvalue weighted by Crippen LogP contribution is 2.35. The highest BCUT2D eigenvalue weighted by molar-refractivity contribution is 7.90. The van der Waals surface area contributed by atoms with Crippen LogP contribution in [0.25, 0.3) is 10.9 Å². The molecule has 216 valence electrons. The van der Waals surface area contributed by atoms with E-state index in [1.165, 1.54) is 12.1 Å². The first-order valence-electron chi connectivity index (χ1n) is 13.4. The standard InChI is InChI=1S/C32H30ClN3O5S/c1-4-27(41-23-16-20(2)30(33)21(3)17-23)29-25-12-8-9-13-26(25)35-31(29)32(37)36-42(38,39)24-14-15-28(34-18-24)40-19-22-10-6-5-7-11-22/h5-18,27,35H,4,19H2,1-3H3,(H,36,37). The number of halogens is 1. The Balaban J connectivity index is 1.40. The van der Waals surface area contributed by atoms with Gasteiger partial charge in [0.2, 0.25) is 5.88 Å². The van der Waals surface area contributed by atoms with Crippen LogP contribution in [0.3, 0.4) is 0 Å². The molecule has 1 amide bonds. The summed E-state index contributed by atoms with van der Waals surface area (Å²) in [6, 6.07) is 23.4. The van der Waals surface area contributed by atoms with Crippen molar-refractivity contribution in [1.82, 2.24) is 14.7 Å². The molecule has 0 fully saturated rings. The minimum absolute atomic E-state index is 0.102. The van der Waals surface area contributed by atoms with E-state index in [2.05, 4.69) is 14.7 Å². The second-order valence-electron chi connectivity index (χ2n) is 9.89. The summed E-state index contributed by atoms with van der Waals surface area (Å²) in [4.78, 5) is 20.6. The highest BCUT2D eigenvalue weighted by atomic mass is 35.5. The second-order valence-corrected chi connectivity index (χ2v) is 11.9. The molecule has 5 aromatic rings. The Kier molecular flexibility index (Phi) is 8.51. The topological polar surface area (TPSA) is 110 Å². The van der Waals surface area contributed by atoms with Crippen molar-refractivity contribution in [2.75, 3.05) is 0 Å². The van der Waals surface area contributed by atoms with Gasteiger partial charge in [0.1, 0.15) is 29.0 Å². The van der Waals surface area contributed by atoms with E-state index < -0.39 is 22.0 Å². The maximum atomic E-state index is 13.5. The van der Waals surface area contributed by atoms with Crippen LogP contribution in [-0.2, 0) is 16.6 Å². The van der Waals surface area contributed by atoms with Crippen molar-refractivity contribution in [3.05, 3.63) is 118 Å². The molecule has 5 rings (SSSR count). The van der Waals surface area contributed by atoms with E-state index in [0.29, 0.717) is 28.3 Å². The number of hydrogen-bond donors (Lipinski definition) is 2. The number of para-hydroxylation sites is 1. The molecule has 1 unspecified atom stereocenters. The van der Waals surface area contributed by atoms with Crippen LogP contribution in [0.15, 0.2) is 90.0 Å².